The van der Waals surface area contributed by atoms with Crippen LogP contribution in [0, 0.1) is 0 Å². The van der Waals surface area contributed by atoms with Crippen LogP contribution in [0.2, 0.25) is 0 Å². The first-order valence-electron chi connectivity index (χ1n) is 8.61. The van der Waals surface area contributed by atoms with Crippen molar-refractivity contribution in [1.29, 1.82) is 0 Å². The summed E-state index contributed by atoms with van der Waals surface area (Å²) in [4.78, 5) is 28.4. The summed E-state index contributed by atoms with van der Waals surface area (Å²) in [7, 11) is 0. The number of anilines is 2. The van der Waals surface area contributed by atoms with Crippen molar-refractivity contribution in [3.8, 4) is 0 Å². The smallest absolute Gasteiger partial charge is 0.250 e. The van der Waals surface area contributed by atoms with E-state index in [2.05, 4.69) is 15.6 Å². The monoisotopic (exact) mass is 405 g/mol. The molecular formula is C21H15N3O4S. The molecule has 2 amide bonds. The SMILES string of the molecule is O=C(C=Cc1ccco1)Nc1ccc2nc(NC(=O)C=Cc3ccco3)sc2c1. The van der Waals surface area contributed by atoms with Crippen molar-refractivity contribution < 1.29 is 18.4 Å². The zero-order chi connectivity index (χ0) is 20.1. The molecule has 3 heterocycles. The summed E-state index contributed by atoms with van der Waals surface area (Å²) >= 11 is 1.32. The van der Waals surface area contributed by atoms with Crippen molar-refractivity contribution >= 4 is 56.3 Å². The number of nitrogens with zero attached hydrogens (tertiary/aromatic N) is 1. The highest BCUT2D eigenvalue weighted by Crippen LogP contribution is 2.28. The lowest BCUT2D eigenvalue weighted by atomic mass is 10.3. The number of hydrogen-bond acceptors (Lipinski definition) is 6. The van der Waals surface area contributed by atoms with Crippen LogP contribution in [0.15, 0.2) is 76.0 Å². The van der Waals surface area contributed by atoms with Crippen molar-refractivity contribution in [1.82, 2.24) is 4.98 Å². The third-order valence-electron chi connectivity index (χ3n) is 3.77. The maximum Gasteiger partial charge on any atom is 0.250 e. The Hall–Kier alpha value is -3.91. The number of fused-ring (bicyclic) bond motifs is 1. The van der Waals surface area contributed by atoms with Crippen molar-refractivity contribution in [2.75, 3.05) is 10.6 Å². The van der Waals surface area contributed by atoms with Crippen LogP contribution >= 0.6 is 11.3 Å². The molecule has 0 bridgehead atoms. The van der Waals surface area contributed by atoms with Gasteiger partial charge in [-0.15, -0.1) is 0 Å². The van der Waals surface area contributed by atoms with Gasteiger partial charge in [-0.05, 0) is 54.6 Å². The van der Waals surface area contributed by atoms with Gasteiger partial charge in [-0.3, -0.25) is 14.9 Å². The third kappa shape index (κ3) is 4.88. The maximum atomic E-state index is 12.0. The van der Waals surface area contributed by atoms with Gasteiger partial charge in [-0.25, -0.2) is 4.98 Å². The first-order chi connectivity index (χ1) is 14.2. The van der Waals surface area contributed by atoms with E-state index in [1.165, 1.54) is 29.8 Å². The summed E-state index contributed by atoms with van der Waals surface area (Å²) in [5.41, 5.74) is 1.36. The number of thiazole rings is 1. The van der Waals surface area contributed by atoms with E-state index >= 15 is 0 Å². The van der Waals surface area contributed by atoms with E-state index in [1.54, 1.807) is 60.9 Å². The normalized spacial score (nSPS) is 11.4. The molecule has 0 saturated carbocycles. The quantitative estimate of drug-likeness (QED) is 0.450. The zero-order valence-corrected chi connectivity index (χ0v) is 15.8. The van der Waals surface area contributed by atoms with Gasteiger partial charge < -0.3 is 14.2 Å². The molecule has 7 nitrogen and oxygen atoms in total. The topological polar surface area (TPSA) is 97.4 Å². The van der Waals surface area contributed by atoms with Crippen molar-refractivity contribution in [2.24, 2.45) is 0 Å². The van der Waals surface area contributed by atoms with Gasteiger partial charge in [0.1, 0.15) is 11.5 Å². The van der Waals surface area contributed by atoms with Gasteiger partial charge in [-0.1, -0.05) is 11.3 Å². The van der Waals surface area contributed by atoms with Crippen LogP contribution in [0.1, 0.15) is 11.5 Å². The number of benzene rings is 1. The molecule has 1 aromatic carbocycles. The third-order valence-corrected chi connectivity index (χ3v) is 4.70. The lowest BCUT2D eigenvalue weighted by molar-refractivity contribution is -0.112. The molecule has 4 rings (SSSR count). The zero-order valence-electron chi connectivity index (χ0n) is 15.0. The van der Waals surface area contributed by atoms with Crippen molar-refractivity contribution in [2.45, 2.75) is 0 Å². The number of aromatic nitrogens is 1. The van der Waals surface area contributed by atoms with Crippen LogP contribution in [0.5, 0.6) is 0 Å². The van der Waals surface area contributed by atoms with E-state index in [4.69, 9.17) is 8.83 Å². The lowest BCUT2D eigenvalue weighted by Gasteiger charge is -2.01. The second-order valence-corrected chi connectivity index (χ2v) is 6.91. The number of carbonyl (C=O) groups excluding carboxylic acids is 2. The van der Waals surface area contributed by atoms with E-state index in [1.807, 2.05) is 0 Å². The molecule has 4 aromatic rings. The van der Waals surface area contributed by atoms with Crippen molar-refractivity contribution in [3.63, 3.8) is 0 Å². The molecule has 0 aliphatic carbocycles. The largest absolute Gasteiger partial charge is 0.465 e. The van der Waals surface area contributed by atoms with E-state index in [0.29, 0.717) is 22.3 Å². The van der Waals surface area contributed by atoms with Crippen LogP contribution in [-0.4, -0.2) is 16.8 Å². The van der Waals surface area contributed by atoms with Gasteiger partial charge in [0.05, 0.1) is 22.7 Å². The molecule has 144 valence electrons. The Labute approximate surface area is 169 Å². The van der Waals surface area contributed by atoms with E-state index in [0.717, 1.165) is 10.2 Å². The number of rotatable bonds is 6. The minimum Gasteiger partial charge on any atom is -0.465 e. The van der Waals surface area contributed by atoms with Crippen LogP contribution in [0.25, 0.3) is 22.4 Å². The molecule has 0 radical (unpaired) electrons. The Morgan fingerprint density at radius 1 is 0.897 bits per heavy atom. The number of carbonyl (C=O) groups is 2. The fourth-order valence-electron chi connectivity index (χ4n) is 2.47. The number of hydrogen-bond donors (Lipinski definition) is 2. The highest BCUT2D eigenvalue weighted by molar-refractivity contribution is 7.22. The molecule has 3 aromatic heterocycles. The van der Waals surface area contributed by atoms with Gasteiger partial charge in [0.15, 0.2) is 5.13 Å². The molecule has 0 saturated heterocycles. The molecule has 0 unspecified atom stereocenters. The standard InChI is InChI=1S/C21H15N3O4S/c25-19(9-6-15-3-1-11-27-15)22-14-5-8-17-18(13-14)29-21(23-17)24-20(26)10-7-16-4-2-12-28-16/h1-13H,(H,22,25)(H,23,24,26). The molecular weight excluding hydrogens is 390 g/mol. The minimum atomic E-state index is -0.308. The first kappa shape index (κ1) is 18.5. The number of nitrogens with one attached hydrogen (secondary N) is 2. The Morgan fingerprint density at radius 3 is 2.17 bits per heavy atom. The number of furan rings is 2. The molecule has 0 aliphatic heterocycles. The summed E-state index contributed by atoms with van der Waals surface area (Å²) in [6.07, 6.45) is 9.01. The molecule has 0 spiro atoms. The summed E-state index contributed by atoms with van der Waals surface area (Å²) in [6.45, 7) is 0. The molecule has 0 aliphatic rings. The van der Waals surface area contributed by atoms with Crippen LogP contribution in [-0.2, 0) is 9.59 Å². The molecule has 0 fully saturated rings. The molecule has 8 heteroatoms. The predicted octanol–water partition coefficient (Wildman–Crippen LogP) is 4.79. The molecule has 2 N–H and O–H groups in total. The van der Waals surface area contributed by atoms with Gasteiger partial charge in [0.2, 0.25) is 11.8 Å². The summed E-state index contributed by atoms with van der Waals surface area (Å²) in [6, 6.07) is 12.3. The van der Waals surface area contributed by atoms with Crippen molar-refractivity contribution in [3.05, 3.63) is 78.7 Å². The highest BCUT2D eigenvalue weighted by Gasteiger charge is 2.08. The molecule has 0 atom stereocenters. The van der Waals surface area contributed by atoms with Gasteiger partial charge in [0.25, 0.3) is 0 Å². The first-order valence-corrected chi connectivity index (χ1v) is 9.43. The second-order valence-electron chi connectivity index (χ2n) is 5.88. The highest BCUT2D eigenvalue weighted by atomic mass is 32.1. The Morgan fingerprint density at radius 2 is 1.55 bits per heavy atom. The lowest BCUT2D eigenvalue weighted by Crippen LogP contribution is -2.07. The van der Waals surface area contributed by atoms with Gasteiger partial charge >= 0.3 is 0 Å². The summed E-state index contributed by atoms with van der Waals surface area (Å²) in [5.74, 6) is 0.601. The van der Waals surface area contributed by atoms with Gasteiger partial charge in [-0.2, -0.15) is 0 Å². The fourth-order valence-corrected chi connectivity index (χ4v) is 3.38. The predicted molar refractivity (Wildman–Crippen MR) is 112 cm³/mol. The minimum absolute atomic E-state index is 0.276. The maximum absolute atomic E-state index is 12.0. The van der Waals surface area contributed by atoms with Crippen LogP contribution in [0.3, 0.4) is 0 Å². The van der Waals surface area contributed by atoms with Crippen LogP contribution in [0.4, 0.5) is 10.8 Å². The Kier molecular flexibility index (Phi) is 5.35. The Balaban J connectivity index is 1.40. The summed E-state index contributed by atoms with van der Waals surface area (Å²) < 4.78 is 11.1. The average Bonchev–Trinajstić information content (AvgIpc) is 3.45. The Bertz CT molecular complexity index is 1130. The van der Waals surface area contributed by atoms with Crippen LogP contribution < -0.4 is 10.6 Å². The van der Waals surface area contributed by atoms with Gasteiger partial charge in [0, 0.05) is 17.8 Å². The fraction of sp³-hybridized carbons (Fsp3) is 0. The summed E-state index contributed by atoms with van der Waals surface area (Å²) in [5, 5.41) is 5.97. The average molecular weight is 405 g/mol. The second kappa shape index (κ2) is 8.41. The van der Waals surface area contributed by atoms with E-state index < -0.39 is 0 Å². The van der Waals surface area contributed by atoms with E-state index in [9.17, 15) is 9.59 Å². The van der Waals surface area contributed by atoms with E-state index in [-0.39, 0.29) is 11.8 Å². The molecule has 29 heavy (non-hydrogen) atoms. The number of amides is 2.